The zero-order valence-electron chi connectivity index (χ0n) is 12.9. The van der Waals surface area contributed by atoms with E-state index < -0.39 is 0 Å². The van der Waals surface area contributed by atoms with E-state index in [-0.39, 0.29) is 29.9 Å². The summed E-state index contributed by atoms with van der Waals surface area (Å²) in [7, 11) is 0. The maximum Gasteiger partial charge on any atom is 0.245 e. The number of hydrogen-bond donors (Lipinski definition) is 0. The summed E-state index contributed by atoms with van der Waals surface area (Å²) in [6.07, 6.45) is 6.09. The molecule has 5 nitrogen and oxygen atoms in total. The molecule has 0 bridgehead atoms. The van der Waals surface area contributed by atoms with Crippen LogP contribution >= 0.6 is 0 Å². The van der Waals surface area contributed by atoms with Gasteiger partial charge in [-0.2, -0.15) is 0 Å². The summed E-state index contributed by atoms with van der Waals surface area (Å²) < 4.78 is 5.65. The average molecular weight is 294 g/mol. The van der Waals surface area contributed by atoms with Crippen LogP contribution in [0.25, 0.3) is 0 Å². The van der Waals surface area contributed by atoms with Gasteiger partial charge in [-0.25, -0.2) is 0 Å². The molecule has 1 aliphatic carbocycles. The van der Waals surface area contributed by atoms with Gasteiger partial charge in [0.15, 0.2) is 0 Å². The number of carbonyl (C=O) groups excluding carboxylic acids is 2. The first kappa shape index (κ1) is 14.8. The molecule has 2 aliphatic heterocycles. The quantitative estimate of drug-likeness (QED) is 0.770. The Bertz CT molecular complexity index is 402. The number of ether oxygens (including phenoxy) is 1. The van der Waals surface area contributed by atoms with Gasteiger partial charge in [-0.1, -0.05) is 0 Å². The van der Waals surface area contributed by atoms with E-state index in [1.54, 1.807) is 0 Å². The normalized spacial score (nSPS) is 28.9. The van der Waals surface area contributed by atoms with Crippen molar-refractivity contribution < 1.29 is 14.3 Å². The predicted octanol–water partition coefficient (Wildman–Crippen LogP) is 1.41. The molecular formula is C16H26N2O3. The number of carbonyl (C=O) groups is 2. The van der Waals surface area contributed by atoms with E-state index in [9.17, 15) is 9.59 Å². The zero-order valence-corrected chi connectivity index (χ0v) is 12.9. The lowest BCUT2D eigenvalue weighted by molar-refractivity contribution is -0.145. The van der Waals surface area contributed by atoms with E-state index >= 15 is 0 Å². The highest BCUT2D eigenvalue weighted by molar-refractivity contribution is 5.90. The molecule has 0 aromatic carbocycles. The molecule has 0 radical (unpaired) electrons. The van der Waals surface area contributed by atoms with Gasteiger partial charge in [0, 0.05) is 32.2 Å². The van der Waals surface area contributed by atoms with Gasteiger partial charge in [0.1, 0.15) is 6.04 Å². The van der Waals surface area contributed by atoms with E-state index in [2.05, 4.69) is 0 Å². The van der Waals surface area contributed by atoms with E-state index in [1.807, 2.05) is 16.7 Å². The van der Waals surface area contributed by atoms with Crippen LogP contribution in [0, 0.1) is 5.92 Å². The minimum atomic E-state index is -0.223. The fourth-order valence-electron chi connectivity index (χ4n) is 3.47. The van der Waals surface area contributed by atoms with Crippen molar-refractivity contribution in [1.82, 2.24) is 9.80 Å². The summed E-state index contributed by atoms with van der Waals surface area (Å²) >= 11 is 0. The standard InChI is InChI=1S/C16H26N2O3/c1-2-17(11-13-5-4-10-21-13)16(20)14-6-3-9-18(14)15(19)12-7-8-12/h12-14H,2-11H2,1H3/t13-,14+/m0/s1. The van der Waals surface area contributed by atoms with Crippen LogP contribution in [-0.2, 0) is 14.3 Å². The van der Waals surface area contributed by atoms with Crippen molar-refractivity contribution in [2.24, 2.45) is 5.92 Å². The van der Waals surface area contributed by atoms with Gasteiger partial charge in [0.05, 0.1) is 6.10 Å². The first-order chi connectivity index (χ1) is 10.2. The van der Waals surface area contributed by atoms with Crippen LogP contribution in [0.15, 0.2) is 0 Å². The third-order valence-corrected chi connectivity index (χ3v) is 4.89. The fourth-order valence-corrected chi connectivity index (χ4v) is 3.47. The van der Waals surface area contributed by atoms with Crippen molar-refractivity contribution in [3.05, 3.63) is 0 Å². The average Bonchev–Trinajstić information content (AvgIpc) is 3.02. The van der Waals surface area contributed by atoms with Gasteiger partial charge in [-0.3, -0.25) is 9.59 Å². The fraction of sp³-hybridized carbons (Fsp3) is 0.875. The Labute approximate surface area is 126 Å². The highest BCUT2D eigenvalue weighted by Crippen LogP contribution is 2.34. The second-order valence-electron chi connectivity index (χ2n) is 6.48. The molecule has 2 atom stereocenters. The van der Waals surface area contributed by atoms with E-state index in [1.165, 1.54) is 0 Å². The summed E-state index contributed by atoms with van der Waals surface area (Å²) in [5.74, 6) is 0.533. The predicted molar refractivity (Wildman–Crippen MR) is 78.7 cm³/mol. The molecule has 0 N–H and O–H groups in total. The molecule has 0 spiro atoms. The van der Waals surface area contributed by atoms with Gasteiger partial charge in [0.2, 0.25) is 11.8 Å². The first-order valence-corrected chi connectivity index (χ1v) is 8.41. The third-order valence-electron chi connectivity index (χ3n) is 4.89. The topological polar surface area (TPSA) is 49.9 Å². The molecule has 0 unspecified atom stereocenters. The lowest BCUT2D eigenvalue weighted by atomic mass is 10.1. The van der Waals surface area contributed by atoms with Crippen molar-refractivity contribution in [2.45, 2.75) is 57.6 Å². The SMILES string of the molecule is CCN(C[C@@H]1CCCO1)C(=O)[C@H]1CCCN1C(=O)C1CC1. The van der Waals surface area contributed by atoms with Crippen LogP contribution < -0.4 is 0 Å². The Morgan fingerprint density at radius 2 is 2.00 bits per heavy atom. The molecule has 0 aromatic heterocycles. The number of hydrogen-bond acceptors (Lipinski definition) is 3. The summed E-state index contributed by atoms with van der Waals surface area (Å²) in [4.78, 5) is 28.8. The molecule has 2 amide bonds. The number of rotatable bonds is 5. The molecule has 21 heavy (non-hydrogen) atoms. The number of amides is 2. The Kier molecular flexibility index (Phi) is 4.48. The van der Waals surface area contributed by atoms with Gasteiger partial charge in [-0.15, -0.1) is 0 Å². The molecule has 2 saturated heterocycles. The maximum atomic E-state index is 12.8. The Hall–Kier alpha value is -1.10. The second kappa shape index (κ2) is 6.34. The largest absolute Gasteiger partial charge is 0.376 e. The molecule has 5 heteroatoms. The van der Waals surface area contributed by atoms with Gasteiger partial charge < -0.3 is 14.5 Å². The number of likely N-dealkylation sites (N-methyl/N-ethyl adjacent to an activating group) is 1. The highest BCUT2D eigenvalue weighted by atomic mass is 16.5. The minimum absolute atomic E-state index is 0.125. The number of nitrogens with zero attached hydrogens (tertiary/aromatic N) is 2. The lowest BCUT2D eigenvalue weighted by Crippen LogP contribution is -2.49. The van der Waals surface area contributed by atoms with Crippen LogP contribution in [0.3, 0.4) is 0 Å². The zero-order chi connectivity index (χ0) is 14.8. The summed E-state index contributed by atoms with van der Waals surface area (Å²) in [6.45, 7) is 4.95. The van der Waals surface area contributed by atoms with Crippen molar-refractivity contribution in [1.29, 1.82) is 0 Å². The Morgan fingerprint density at radius 1 is 1.19 bits per heavy atom. The van der Waals surface area contributed by atoms with Gasteiger partial charge in [0.25, 0.3) is 0 Å². The Morgan fingerprint density at radius 3 is 2.62 bits per heavy atom. The monoisotopic (exact) mass is 294 g/mol. The lowest BCUT2D eigenvalue weighted by Gasteiger charge is -2.31. The third kappa shape index (κ3) is 3.23. The first-order valence-electron chi connectivity index (χ1n) is 8.41. The minimum Gasteiger partial charge on any atom is -0.376 e. The molecule has 3 aliphatic rings. The van der Waals surface area contributed by atoms with E-state index in [0.29, 0.717) is 13.1 Å². The van der Waals surface area contributed by atoms with Crippen LogP contribution in [-0.4, -0.2) is 60.0 Å². The van der Waals surface area contributed by atoms with E-state index in [4.69, 9.17) is 4.74 Å². The second-order valence-corrected chi connectivity index (χ2v) is 6.48. The molecule has 3 rings (SSSR count). The Balaban J connectivity index is 1.62. The van der Waals surface area contributed by atoms with Crippen LogP contribution in [0.1, 0.15) is 45.4 Å². The molecule has 1 saturated carbocycles. The molecule has 2 heterocycles. The van der Waals surface area contributed by atoms with Crippen molar-refractivity contribution in [3.63, 3.8) is 0 Å². The van der Waals surface area contributed by atoms with Gasteiger partial charge in [-0.05, 0) is 45.4 Å². The highest BCUT2D eigenvalue weighted by Gasteiger charge is 2.42. The number of likely N-dealkylation sites (tertiary alicyclic amines) is 1. The molecule has 0 aromatic rings. The smallest absolute Gasteiger partial charge is 0.245 e. The summed E-state index contributed by atoms with van der Waals surface area (Å²) in [5, 5.41) is 0. The van der Waals surface area contributed by atoms with E-state index in [0.717, 1.165) is 51.7 Å². The van der Waals surface area contributed by atoms with Gasteiger partial charge >= 0.3 is 0 Å². The van der Waals surface area contributed by atoms with Crippen LogP contribution in [0.5, 0.6) is 0 Å². The molecule has 3 fully saturated rings. The van der Waals surface area contributed by atoms with Crippen LogP contribution in [0.2, 0.25) is 0 Å². The summed E-state index contributed by atoms with van der Waals surface area (Å²) in [5.41, 5.74) is 0. The van der Waals surface area contributed by atoms with Crippen LogP contribution in [0.4, 0.5) is 0 Å². The van der Waals surface area contributed by atoms with Crippen molar-refractivity contribution >= 4 is 11.8 Å². The maximum absolute atomic E-state index is 12.8. The summed E-state index contributed by atoms with van der Waals surface area (Å²) in [6, 6.07) is -0.223. The molecule has 118 valence electrons. The van der Waals surface area contributed by atoms with Crippen molar-refractivity contribution in [3.8, 4) is 0 Å². The van der Waals surface area contributed by atoms with Crippen molar-refractivity contribution in [2.75, 3.05) is 26.2 Å². The molecular weight excluding hydrogens is 268 g/mol.